The number of urea groups is 1. The molecular formula is C15H21Cl2N3O3. The van der Waals surface area contributed by atoms with Crippen molar-refractivity contribution in [2.75, 3.05) is 25.5 Å². The van der Waals surface area contributed by atoms with Crippen LogP contribution >= 0.6 is 24.0 Å². The Morgan fingerprint density at radius 3 is 2.78 bits per heavy atom. The van der Waals surface area contributed by atoms with Crippen molar-refractivity contribution in [2.24, 2.45) is 5.73 Å². The van der Waals surface area contributed by atoms with Gasteiger partial charge in [0.1, 0.15) is 0 Å². The molecule has 0 spiro atoms. The minimum atomic E-state index is -0.512. The van der Waals surface area contributed by atoms with Crippen LogP contribution in [0.1, 0.15) is 29.6 Å². The Morgan fingerprint density at radius 2 is 2.17 bits per heavy atom. The Kier molecular flexibility index (Phi) is 7.61. The second-order valence-electron chi connectivity index (χ2n) is 5.20. The number of carbonyl (C=O) groups is 2. The van der Waals surface area contributed by atoms with Gasteiger partial charge < -0.3 is 20.7 Å². The molecule has 2 rings (SSSR count). The molecule has 1 aromatic rings. The smallest absolute Gasteiger partial charge is 0.339 e. The largest absolute Gasteiger partial charge is 0.465 e. The number of hydrogen-bond donors (Lipinski definition) is 2. The van der Waals surface area contributed by atoms with Gasteiger partial charge in [0, 0.05) is 24.8 Å². The van der Waals surface area contributed by atoms with Crippen molar-refractivity contribution in [3.05, 3.63) is 28.8 Å². The van der Waals surface area contributed by atoms with Crippen LogP contribution in [0.4, 0.5) is 10.5 Å². The van der Waals surface area contributed by atoms with Crippen molar-refractivity contribution in [2.45, 2.75) is 25.3 Å². The molecule has 1 atom stereocenters. The first kappa shape index (κ1) is 19.5. The third-order valence-corrected chi connectivity index (χ3v) is 4.10. The highest BCUT2D eigenvalue weighted by molar-refractivity contribution is 6.33. The highest BCUT2D eigenvalue weighted by Gasteiger charge is 2.25. The zero-order valence-electron chi connectivity index (χ0n) is 12.9. The number of benzene rings is 1. The Morgan fingerprint density at radius 1 is 1.43 bits per heavy atom. The number of nitrogens with one attached hydrogen (secondary N) is 1. The number of likely N-dealkylation sites (tertiary alicyclic amines) is 1. The molecule has 6 nitrogen and oxygen atoms in total. The SMILES string of the molecule is COC(=O)c1ccc(NC(=O)N2CCCCC2CN)cc1Cl.Cl. The van der Waals surface area contributed by atoms with Gasteiger partial charge in [0.2, 0.25) is 0 Å². The number of amides is 2. The number of methoxy groups -OCH3 is 1. The Balaban J connectivity index is 0.00000264. The van der Waals surface area contributed by atoms with E-state index in [9.17, 15) is 9.59 Å². The molecule has 1 aromatic carbocycles. The summed E-state index contributed by atoms with van der Waals surface area (Å²) in [6.07, 6.45) is 2.99. The van der Waals surface area contributed by atoms with Gasteiger partial charge in [-0.05, 0) is 37.5 Å². The zero-order valence-corrected chi connectivity index (χ0v) is 14.5. The van der Waals surface area contributed by atoms with E-state index in [1.54, 1.807) is 11.0 Å². The van der Waals surface area contributed by atoms with Gasteiger partial charge in [0.05, 0.1) is 17.7 Å². The lowest BCUT2D eigenvalue weighted by Crippen LogP contribution is -2.49. The van der Waals surface area contributed by atoms with E-state index in [0.29, 0.717) is 18.8 Å². The molecule has 0 bridgehead atoms. The van der Waals surface area contributed by atoms with Gasteiger partial charge in [0.25, 0.3) is 0 Å². The fourth-order valence-electron chi connectivity index (χ4n) is 2.58. The summed E-state index contributed by atoms with van der Waals surface area (Å²) in [7, 11) is 1.29. The van der Waals surface area contributed by atoms with Crippen molar-refractivity contribution < 1.29 is 14.3 Å². The predicted molar refractivity (Wildman–Crippen MR) is 92.5 cm³/mol. The summed E-state index contributed by atoms with van der Waals surface area (Å²) in [5, 5.41) is 3.03. The van der Waals surface area contributed by atoms with Gasteiger partial charge in [-0.3, -0.25) is 0 Å². The summed E-state index contributed by atoms with van der Waals surface area (Å²) in [5.74, 6) is -0.512. The summed E-state index contributed by atoms with van der Waals surface area (Å²) >= 11 is 6.04. The van der Waals surface area contributed by atoms with E-state index in [0.717, 1.165) is 19.3 Å². The van der Waals surface area contributed by atoms with E-state index in [4.69, 9.17) is 17.3 Å². The van der Waals surface area contributed by atoms with Crippen LogP contribution < -0.4 is 11.1 Å². The van der Waals surface area contributed by atoms with Crippen molar-refractivity contribution in [1.82, 2.24) is 4.90 Å². The van der Waals surface area contributed by atoms with Gasteiger partial charge >= 0.3 is 12.0 Å². The van der Waals surface area contributed by atoms with Crippen molar-refractivity contribution >= 4 is 41.7 Å². The number of nitrogens with two attached hydrogens (primary N) is 1. The molecule has 1 aliphatic rings. The van der Waals surface area contributed by atoms with Crippen LogP contribution in [0.25, 0.3) is 0 Å². The highest BCUT2D eigenvalue weighted by atomic mass is 35.5. The molecule has 23 heavy (non-hydrogen) atoms. The second-order valence-corrected chi connectivity index (χ2v) is 5.60. The molecule has 8 heteroatoms. The molecule has 1 unspecified atom stereocenters. The number of nitrogens with zero attached hydrogens (tertiary/aromatic N) is 1. The maximum atomic E-state index is 12.3. The topological polar surface area (TPSA) is 84.7 Å². The zero-order chi connectivity index (χ0) is 16.1. The second kappa shape index (κ2) is 8.96. The molecular weight excluding hydrogens is 341 g/mol. The first-order chi connectivity index (χ1) is 10.6. The van der Waals surface area contributed by atoms with Gasteiger partial charge in [-0.1, -0.05) is 11.6 Å². The molecule has 1 aliphatic heterocycles. The van der Waals surface area contributed by atoms with E-state index in [1.165, 1.54) is 19.2 Å². The van der Waals surface area contributed by atoms with Crippen LogP contribution in [0.3, 0.4) is 0 Å². The van der Waals surface area contributed by atoms with E-state index in [2.05, 4.69) is 10.1 Å². The molecule has 2 amide bonds. The average Bonchev–Trinajstić information content (AvgIpc) is 2.54. The summed E-state index contributed by atoms with van der Waals surface area (Å²) < 4.78 is 4.63. The number of rotatable bonds is 3. The molecule has 1 fully saturated rings. The lowest BCUT2D eigenvalue weighted by atomic mass is 10.0. The van der Waals surface area contributed by atoms with Crippen LogP contribution in [-0.4, -0.2) is 43.1 Å². The molecule has 0 aromatic heterocycles. The summed E-state index contributed by atoms with van der Waals surface area (Å²) in [6.45, 7) is 1.15. The molecule has 1 saturated heterocycles. The quantitative estimate of drug-likeness (QED) is 0.810. The third-order valence-electron chi connectivity index (χ3n) is 3.79. The lowest BCUT2D eigenvalue weighted by Gasteiger charge is -2.35. The number of piperidine rings is 1. The third kappa shape index (κ3) is 4.73. The monoisotopic (exact) mass is 361 g/mol. The van der Waals surface area contributed by atoms with Crippen LogP contribution in [-0.2, 0) is 4.74 Å². The minimum absolute atomic E-state index is 0. The Hall–Kier alpha value is -1.50. The summed E-state index contributed by atoms with van der Waals surface area (Å²) in [6, 6.07) is 4.56. The standard InChI is InChI=1S/C15H20ClN3O3.ClH/c1-22-14(20)12-6-5-10(8-13(12)16)18-15(21)19-7-3-2-4-11(19)9-17;/h5-6,8,11H,2-4,7,9,17H2,1H3,(H,18,21);1H. The molecule has 0 aliphatic carbocycles. The Bertz CT molecular complexity index is 569. The average molecular weight is 362 g/mol. The maximum Gasteiger partial charge on any atom is 0.339 e. The fourth-order valence-corrected chi connectivity index (χ4v) is 2.83. The number of carbonyl (C=O) groups excluding carboxylic acids is 2. The molecule has 1 heterocycles. The van der Waals surface area contributed by atoms with Gasteiger partial charge in [-0.25, -0.2) is 9.59 Å². The molecule has 0 saturated carbocycles. The van der Waals surface area contributed by atoms with E-state index in [-0.39, 0.29) is 35.1 Å². The number of hydrogen-bond acceptors (Lipinski definition) is 4. The molecule has 128 valence electrons. The predicted octanol–water partition coefficient (Wildman–Crippen LogP) is 2.89. The van der Waals surface area contributed by atoms with Crippen molar-refractivity contribution in [3.63, 3.8) is 0 Å². The van der Waals surface area contributed by atoms with Crippen LogP contribution in [0, 0.1) is 0 Å². The lowest BCUT2D eigenvalue weighted by molar-refractivity contribution is 0.0601. The number of esters is 1. The van der Waals surface area contributed by atoms with Crippen LogP contribution in [0.15, 0.2) is 18.2 Å². The number of halogens is 2. The highest BCUT2D eigenvalue weighted by Crippen LogP contribution is 2.23. The van der Waals surface area contributed by atoms with Crippen molar-refractivity contribution in [1.29, 1.82) is 0 Å². The van der Waals surface area contributed by atoms with Crippen molar-refractivity contribution in [3.8, 4) is 0 Å². The summed E-state index contributed by atoms with van der Waals surface area (Å²) in [5.41, 5.74) is 6.52. The van der Waals surface area contributed by atoms with E-state index < -0.39 is 5.97 Å². The Labute approximate surface area is 146 Å². The first-order valence-electron chi connectivity index (χ1n) is 7.22. The first-order valence-corrected chi connectivity index (χ1v) is 7.60. The number of ether oxygens (including phenoxy) is 1. The fraction of sp³-hybridized carbons (Fsp3) is 0.467. The molecule has 0 radical (unpaired) electrons. The van der Waals surface area contributed by atoms with Gasteiger partial charge in [0.15, 0.2) is 0 Å². The van der Waals surface area contributed by atoms with Crippen LogP contribution in [0.5, 0.6) is 0 Å². The van der Waals surface area contributed by atoms with Crippen LogP contribution in [0.2, 0.25) is 5.02 Å². The van der Waals surface area contributed by atoms with Gasteiger partial charge in [-0.2, -0.15) is 0 Å². The number of anilines is 1. The maximum absolute atomic E-state index is 12.3. The normalized spacial score (nSPS) is 17.2. The van der Waals surface area contributed by atoms with E-state index >= 15 is 0 Å². The van der Waals surface area contributed by atoms with Gasteiger partial charge in [-0.15, -0.1) is 12.4 Å². The van der Waals surface area contributed by atoms with E-state index in [1.807, 2.05) is 0 Å². The minimum Gasteiger partial charge on any atom is -0.465 e. The molecule has 3 N–H and O–H groups in total. The summed E-state index contributed by atoms with van der Waals surface area (Å²) in [4.78, 5) is 25.6.